The average molecular weight is 1630 g/mol. The molecule has 6 N–H and O–H groups in total. The van der Waals surface area contributed by atoms with Crippen LogP contribution in [0.4, 0.5) is 64.4 Å². The van der Waals surface area contributed by atoms with E-state index >= 15 is 0 Å². The van der Waals surface area contributed by atoms with Crippen LogP contribution in [0.25, 0.3) is 0 Å². The number of hydrogen-bond donors (Lipinski definition) is 6. The minimum absolute atomic E-state index is 0.0410. The maximum absolute atomic E-state index is 14.4. The molecule has 6 saturated heterocycles. The van der Waals surface area contributed by atoms with E-state index in [0.29, 0.717) is 104 Å². The van der Waals surface area contributed by atoms with Gasteiger partial charge in [0.25, 0.3) is 17.7 Å². The Morgan fingerprint density at radius 3 is 1.02 bits per heavy atom. The van der Waals surface area contributed by atoms with Crippen molar-refractivity contribution in [2.24, 2.45) is 0 Å². The van der Waals surface area contributed by atoms with Gasteiger partial charge in [0.2, 0.25) is 0 Å². The fourth-order valence-corrected chi connectivity index (χ4v) is 17.8. The number of aliphatic hydroxyl groups is 3. The van der Waals surface area contributed by atoms with Crippen LogP contribution in [0, 0.1) is 93.0 Å². The second-order valence-corrected chi connectivity index (χ2v) is 32.3. The number of halogens is 3. The van der Waals surface area contributed by atoms with E-state index < -0.39 is 0 Å². The maximum atomic E-state index is 14.4. The van der Waals surface area contributed by atoms with Gasteiger partial charge in [-0.25, -0.2) is 13.2 Å². The van der Waals surface area contributed by atoms with Crippen LogP contribution in [0.2, 0.25) is 0 Å². The van der Waals surface area contributed by atoms with E-state index in [2.05, 4.69) is 81.8 Å². The molecule has 9 aromatic rings. The number of aliphatic hydroxyl groups excluding tert-OH is 3. The second kappa shape index (κ2) is 39.5. The molecule has 6 aliphatic rings. The van der Waals surface area contributed by atoms with Crippen LogP contribution in [0.1, 0.15) is 120 Å². The predicted molar refractivity (Wildman–Crippen MR) is 469 cm³/mol. The molecule has 120 heavy (non-hydrogen) atoms. The Bertz CT molecular complexity index is 5240. The minimum Gasteiger partial charge on any atom is -0.394 e. The van der Waals surface area contributed by atoms with Gasteiger partial charge in [0.1, 0.15) is 35.7 Å². The van der Waals surface area contributed by atoms with E-state index in [1.54, 1.807) is 46.2 Å². The highest BCUT2D eigenvalue weighted by molar-refractivity contribution is 5.99. The zero-order valence-electron chi connectivity index (χ0n) is 69.3. The van der Waals surface area contributed by atoms with Crippen LogP contribution in [-0.4, -0.2) is 202 Å². The van der Waals surface area contributed by atoms with Crippen LogP contribution in [0.5, 0.6) is 0 Å². The van der Waals surface area contributed by atoms with E-state index in [1.165, 1.54) is 30.3 Å². The summed E-state index contributed by atoms with van der Waals surface area (Å²) in [6, 6.07) is 61.2. The Morgan fingerprint density at radius 1 is 0.350 bits per heavy atom. The molecule has 3 unspecified atom stereocenters. The van der Waals surface area contributed by atoms with Crippen molar-refractivity contribution in [1.29, 1.82) is 15.8 Å². The third-order valence-electron chi connectivity index (χ3n) is 24.5. The first kappa shape index (κ1) is 85.6. The van der Waals surface area contributed by atoms with Crippen molar-refractivity contribution in [2.75, 3.05) is 163 Å². The van der Waals surface area contributed by atoms with Gasteiger partial charge in [0, 0.05) is 161 Å². The number of carbonyl (C=O) groups is 3. The zero-order chi connectivity index (χ0) is 84.7. The second-order valence-electron chi connectivity index (χ2n) is 32.3. The molecule has 9 aromatic carbocycles. The molecule has 15 rings (SSSR count). The first-order chi connectivity index (χ1) is 58.1. The number of benzene rings is 9. The number of piperazine rings is 3. The Morgan fingerprint density at radius 2 is 0.675 bits per heavy atom. The lowest BCUT2D eigenvalue weighted by atomic mass is 9.99. The number of nitrogens with zero attached hydrogens (tertiary/aromatic N) is 12. The van der Waals surface area contributed by atoms with Crippen molar-refractivity contribution >= 4 is 68.9 Å². The monoisotopic (exact) mass is 1620 g/mol. The minimum atomic E-state index is -0.380. The van der Waals surface area contributed by atoms with Crippen molar-refractivity contribution in [1.82, 2.24) is 14.7 Å². The summed E-state index contributed by atoms with van der Waals surface area (Å²) < 4.78 is 41.7. The average Bonchev–Trinajstić information content (AvgIpc) is 0.794. The number of nitrogens with one attached hydrogen (secondary N) is 3. The van der Waals surface area contributed by atoms with Crippen LogP contribution >= 0.6 is 0 Å². The third-order valence-corrected chi connectivity index (χ3v) is 24.5. The fraction of sp³-hybridized carbons (Fsp3) is 0.375. The quantitative estimate of drug-likeness (QED) is 0.0467. The Kier molecular flexibility index (Phi) is 28.2. The molecular formula is C96H108F3N15O6. The van der Waals surface area contributed by atoms with Crippen molar-refractivity contribution < 1.29 is 42.9 Å². The van der Waals surface area contributed by atoms with Crippen molar-refractivity contribution in [3.8, 4) is 18.2 Å². The Hall–Kier alpha value is -12.3. The van der Waals surface area contributed by atoms with Crippen molar-refractivity contribution in [2.45, 2.75) is 116 Å². The first-order valence-electron chi connectivity index (χ1n) is 41.8. The van der Waals surface area contributed by atoms with Crippen LogP contribution < -0.4 is 45.3 Å². The van der Waals surface area contributed by atoms with Crippen LogP contribution in [0.15, 0.2) is 182 Å². The molecular weight excluding hydrogens is 1520 g/mol. The first-order valence-corrected chi connectivity index (χ1v) is 41.8. The molecule has 6 fully saturated rings. The lowest BCUT2D eigenvalue weighted by molar-refractivity contribution is 0.0690. The topological polar surface area (TPSA) is 249 Å². The van der Waals surface area contributed by atoms with Crippen molar-refractivity contribution in [3.63, 3.8) is 0 Å². The number of nitriles is 3. The summed E-state index contributed by atoms with van der Waals surface area (Å²) in [6.07, 6.45) is 5.56. The predicted octanol–water partition coefficient (Wildman–Crippen LogP) is 14.2. The number of hydrogen-bond acceptors (Lipinski definition) is 18. The molecule has 624 valence electrons. The molecule has 6 heterocycles. The van der Waals surface area contributed by atoms with Gasteiger partial charge in [-0.05, 0) is 223 Å². The van der Waals surface area contributed by atoms with Crippen molar-refractivity contribution in [3.05, 3.63) is 266 Å². The van der Waals surface area contributed by atoms with Gasteiger partial charge in [-0.15, -0.1) is 0 Å². The van der Waals surface area contributed by atoms with Crippen LogP contribution in [0.3, 0.4) is 0 Å². The number of para-hydroxylation sites is 4. The number of amides is 3. The van der Waals surface area contributed by atoms with Gasteiger partial charge >= 0.3 is 0 Å². The van der Waals surface area contributed by atoms with Gasteiger partial charge < -0.3 is 75.4 Å². The summed E-state index contributed by atoms with van der Waals surface area (Å²) in [4.78, 5) is 59.2. The SMILES string of the molecule is Cc1cc(C)c(C(=O)N2CCN(c3ccc(F)cc3)C(CO)C2)cc1NC1CCN(c2ccccc2C#N)CC1.Cc1cc(C)c(C(=O)N2CCN(c3cccc(F)c3)C(CO)C2)cc1NC1CCN(c2ccccc2C#N)CC1.Cc1cc(C)c(C(=O)N2CCN(c3ccccc3F)C(CO)C2)cc1NC1CCN(c2ccccc2C#N)CC1. The highest BCUT2D eigenvalue weighted by atomic mass is 19.1. The van der Waals surface area contributed by atoms with E-state index in [1.807, 2.05) is 143 Å². The lowest BCUT2D eigenvalue weighted by Gasteiger charge is -2.42. The number of carbonyl (C=O) groups excluding carboxylic acids is 3. The third kappa shape index (κ3) is 20.0. The number of anilines is 9. The highest BCUT2D eigenvalue weighted by Crippen LogP contribution is 2.35. The summed E-state index contributed by atoms with van der Waals surface area (Å²) in [7, 11) is 0. The Balaban J connectivity index is 0.000000156. The van der Waals surface area contributed by atoms with Gasteiger partial charge in [-0.1, -0.05) is 72.8 Å². The van der Waals surface area contributed by atoms with Gasteiger partial charge in [0.15, 0.2) is 0 Å². The fourth-order valence-electron chi connectivity index (χ4n) is 17.8. The summed E-state index contributed by atoms with van der Waals surface area (Å²) >= 11 is 0. The molecule has 0 aromatic heterocycles. The standard InChI is InChI=1S/3C32H36FN5O2/c1-22-17-23(2)29(35-25-11-13-36(14-12-25)30-9-5-3-7-24(30)19-34)18-27(22)32(40)37-15-16-38(26(20-37)21-39)31-10-6-4-8-28(31)33;1-22-16-23(2)30(35-26-10-12-36(13-11-26)31-9-4-3-6-24(31)19-34)18-29(22)32(40)37-14-15-38(28(20-37)21-39)27-8-5-7-25(33)17-27;1-22-17-23(2)30(35-26-11-13-36(14-12-26)31-6-4-3-5-24(31)19-34)18-29(22)32(40)37-15-16-38(28(20-37)21-39)27-9-7-25(33)8-10-27/h3-10,17-18,25-26,35,39H,11-16,20-21H2,1-2H3;3-9,16-18,26,28,35,39H,10-15,20-21H2,1-2H3;3-10,17-18,26,28,35,39H,11-16,20-21H2,1-2H3. The molecule has 24 heteroatoms. The Labute approximate surface area is 702 Å². The maximum Gasteiger partial charge on any atom is 0.254 e. The lowest BCUT2D eigenvalue weighted by Crippen LogP contribution is -2.56. The van der Waals surface area contributed by atoms with Gasteiger partial charge in [-0.3, -0.25) is 14.4 Å². The summed E-state index contributed by atoms with van der Waals surface area (Å²) in [5.74, 6) is -1.12. The van der Waals surface area contributed by atoms with Gasteiger partial charge in [0.05, 0.1) is 77.4 Å². The molecule has 3 atom stereocenters. The number of rotatable bonds is 18. The highest BCUT2D eigenvalue weighted by Gasteiger charge is 2.36. The van der Waals surface area contributed by atoms with E-state index in [-0.39, 0.29) is 91.2 Å². The molecule has 6 aliphatic heterocycles. The molecule has 0 saturated carbocycles. The molecule has 0 spiro atoms. The van der Waals surface area contributed by atoms with E-state index in [0.717, 1.165) is 151 Å². The van der Waals surface area contributed by atoms with E-state index in [9.17, 15) is 58.7 Å². The largest absolute Gasteiger partial charge is 0.394 e. The molecule has 0 radical (unpaired) electrons. The van der Waals surface area contributed by atoms with Crippen LogP contribution in [-0.2, 0) is 0 Å². The summed E-state index contributed by atoms with van der Waals surface area (Å²) in [5, 5.41) is 69.7. The normalized spacial score (nSPS) is 18.0. The molecule has 0 aliphatic carbocycles. The molecule has 0 bridgehead atoms. The zero-order valence-corrected chi connectivity index (χ0v) is 69.3. The number of aryl methyl sites for hydroxylation is 6. The molecule has 21 nitrogen and oxygen atoms in total. The summed E-state index contributed by atoms with van der Waals surface area (Å²) in [5.41, 5.74) is 18.0. The van der Waals surface area contributed by atoms with Gasteiger partial charge in [-0.2, -0.15) is 15.8 Å². The molecule has 3 amide bonds. The summed E-state index contributed by atoms with van der Waals surface area (Å²) in [6.45, 7) is 20.8. The number of piperidine rings is 3. The van der Waals surface area contributed by atoms with E-state index in [4.69, 9.17) is 0 Å². The smallest absolute Gasteiger partial charge is 0.254 e.